The first kappa shape index (κ1) is 16.8. The summed E-state index contributed by atoms with van der Waals surface area (Å²) in [5, 5.41) is 10.8. The first-order valence-corrected chi connectivity index (χ1v) is 9.32. The number of benzene rings is 1. The molecule has 0 aliphatic heterocycles. The van der Waals surface area contributed by atoms with Crippen LogP contribution in [0.5, 0.6) is 0 Å². The van der Waals surface area contributed by atoms with Crippen molar-refractivity contribution >= 4 is 0 Å². The Morgan fingerprint density at radius 3 is 2.96 bits per heavy atom. The summed E-state index contributed by atoms with van der Waals surface area (Å²) in [5.74, 6) is 0.144. The molecule has 0 saturated heterocycles. The molecule has 1 atom stereocenters. The Kier molecular flexibility index (Phi) is 4.00. The van der Waals surface area contributed by atoms with Gasteiger partial charge in [0.2, 0.25) is 0 Å². The summed E-state index contributed by atoms with van der Waals surface area (Å²) < 4.78 is 15.7. The van der Waals surface area contributed by atoms with Crippen molar-refractivity contribution in [1.29, 1.82) is 0 Å². The standard InChI is InChI=1S/C21H19FN6/c1-13-21(26-27-25-13)15-6-7-23-19(8-15)20-11-28(12-24-20)10-16-3-2-14-4-5-17(22)9-18(14)16/h4-9,11-12,16H,2-3,10H2,1H3,(H,25,26,27)/t16-/m1/s1. The Morgan fingerprint density at radius 2 is 2.11 bits per heavy atom. The van der Waals surface area contributed by atoms with Crippen LogP contribution in [0.15, 0.2) is 49.1 Å². The maximum Gasteiger partial charge on any atom is 0.123 e. The Morgan fingerprint density at radius 1 is 1.18 bits per heavy atom. The van der Waals surface area contributed by atoms with Gasteiger partial charge in [-0.05, 0) is 55.2 Å². The first-order valence-electron chi connectivity index (χ1n) is 9.32. The number of halogens is 1. The summed E-state index contributed by atoms with van der Waals surface area (Å²) in [6, 6.07) is 9.01. The number of imidazole rings is 1. The molecule has 1 aliphatic carbocycles. The van der Waals surface area contributed by atoms with Gasteiger partial charge in [-0.1, -0.05) is 11.3 Å². The highest BCUT2D eigenvalue weighted by Gasteiger charge is 2.23. The van der Waals surface area contributed by atoms with E-state index in [2.05, 4.69) is 29.9 Å². The molecule has 0 fully saturated rings. The number of fused-ring (bicyclic) bond motifs is 1. The smallest absolute Gasteiger partial charge is 0.123 e. The van der Waals surface area contributed by atoms with Gasteiger partial charge in [0.15, 0.2) is 0 Å². The van der Waals surface area contributed by atoms with Crippen molar-refractivity contribution in [3.63, 3.8) is 0 Å². The van der Waals surface area contributed by atoms with Crippen molar-refractivity contribution in [1.82, 2.24) is 29.9 Å². The van der Waals surface area contributed by atoms with Gasteiger partial charge >= 0.3 is 0 Å². The molecule has 0 unspecified atom stereocenters. The highest BCUT2D eigenvalue weighted by atomic mass is 19.1. The molecule has 1 aromatic carbocycles. The predicted molar refractivity (Wildman–Crippen MR) is 103 cm³/mol. The number of hydrogen-bond donors (Lipinski definition) is 1. The molecule has 140 valence electrons. The average Bonchev–Trinajstić information content (AvgIpc) is 3.43. The summed E-state index contributed by atoms with van der Waals surface area (Å²) in [7, 11) is 0. The molecule has 0 spiro atoms. The first-order chi connectivity index (χ1) is 13.7. The fourth-order valence-corrected chi connectivity index (χ4v) is 3.97. The maximum atomic E-state index is 13.6. The predicted octanol–water partition coefficient (Wildman–Crippen LogP) is 3.91. The monoisotopic (exact) mass is 374 g/mol. The van der Waals surface area contributed by atoms with E-state index in [-0.39, 0.29) is 5.82 Å². The zero-order valence-corrected chi connectivity index (χ0v) is 15.4. The quantitative estimate of drug-likeness (QED) is 0.588. The lowest BCUT2D eigenvalue weighted by molar-refractivity contribution is 0.551. The van der Waals surface area contributed by atoms with Crippen LogP contribution in [0.25, 0.3) is 22.6 Å². The van der Waals surface area contributed by atoms with Crippen molar-refractivity contribution < 1.29 is 4.39 Å². The minimum Gasteiger partial charge on any atom is -0.336 e. The van der Waals surface area contributed by atoms with Gasteiger partial charge in [-0.2, -0.15) is 0 Å². The Balaban J connectivity index is 1.39. The van der Waals surface area contributed by atoms with Crippen LogP contribution < -0.4 is 0 Å². The topological polar surface area (TPSA) is 72.3 Å². The van der Waals surface area contributed by atoms with Gasteiger partial charge in [-0.25, -0.2) is 9.37 Å². The molecular formula is C21H19FN6. The second-order valence-electron chi connectivity index (χ2n) is 7.25. The van der Waals surface area contributed by atoms with Crippen LogP contribution in [0.1, 0.15) is 29.2 Å². The minimum absolute atomic E-state index is 0.166. The van der Waals surface area contributed by atoms with Crippen molar-refractivity contribution in [2.45, 2.75) is 32.2 Å². The molecule has 7 heteroatoms. The molecule has 0 saturated carbocycles. The van der Waals surface area contributed by atoms with E-state index >= 15 is 0 Å². The van der Waals surface area contributed by atoms with E-state index in [0.717, 1.165) is 53.3 Å². The Bertz CT molecular complexity index is 1150. The third-order valence-corrected chi connectivity index (χ3v) is 5.39. The van der Waals surface area contributed by atoms with Crippen LogP contribution >= 0.6 is 0 Å². The van der Waals surface area contributed by atoms with Crippen molar-refractivity contribution in [3.05, 3.63) is 71.7 Å². The van der Waals surface area contributed by atoms with Gasteiger partial charge < -0.3 is 4.57 Å². The van der Waals surface area contributed by atoms with E-state index in [9.17, 15) is 4.39 Å². The van der Waals surface area contributed by atoms with Crippen molar-refractivity contribution in [2.24, 2.45) is 0 Å². The fraction of sp³-hybridized carbons (Fsp3) is 0.238. The number of pyridine rings is 1. The number of hydrogen-bond acceptors (Lipinski definition) is 4. The molecular weight excluding hydrogens is 355 g/mol. The van der Waals surface area contributed by atoms with Crippen LogP contribution in [-0.2, 0) is 13.0 Å². The van der Waals surface area contributed by atoms with Crippen LogP contribution in [0.4, 0.5) is 4.39 Å². The lowest BCUT2D eigenvalue weighted by Crippen LogP contribution is -2.05. The molecule has 1 aliphatic rings. The number of nitrogens with one attached hydrogen (secondary N) is 1. The summed E-state index contributed by atoms with van der Waals surface area (Å²) in [6.45, 7) is 2.72. The largest absolute Gasteiger partial charge is 0.336 e. The normalized spacial score (nSPS) is 15.7. The number of H-pyrrole nitrogens is 1. The summed E-state index contributed by atoms with van der Waals surface area (Å²) >= 11 is 0. The Hall–Kier alpha value is -3.35. The molecule has 6 nitrogen and oxygen atoms in total. The van der Waals surface area contributed by atoms with Crippen LogP contribution in [-0.4, -0.2) is 29.9 Å². The Labute approximate surface area is 161 Å². The third-order valence-electron chi connectivity index (χ3n) is 5.39. The number of rotatable bonds is 4. The van der Waals surface area contributed by atoms with Gasteiger partial charge in [-0.3, -0.25) is 10.1 Å². The van der Waals surface area contributed by atoms with E-state index in [0.29, 0.717) is 5.92 Å². The number of aromatic amines is 1. The van der Waals surface area contributed by atoms with Crippen molar-refractivity contribution in [2.75, 3.05) is 0 Å². The second kappa shape index (κ2) is 6.67. The molecule has 0 radical (unpaired) electrons. The molecule has 0 amide bonds. The van der Waals surface area contributed by atoms with Crippen LogP contribution in [0.3, 0.4) is 0 Å². The lowest BCUT2D eigenvalue weighted by atomic mass is 10.0. The fourth-order valence-electron chi connectivity index (χ4n) is 3.97. The summed E-state index contributed by atoms with van der Waals surface area (Å²) in [4.78, 5) is 8.99. The average molecular weight is 374 g/mol. The summed E-state index contributed by atoms with van der Waals surface area (Å²) in [5.41, 5.74) is 6.64. The van der Waals surface area contributed by atoms with Gasteiger partial charge in [-0.15, -0.1) is 5.10 Å². The van der Waals surface area contributed by atoms with Gasteiger partial charge in [0.05, 0.1) is 17.7 Å². The van der Waals surface area contributed by atoms with Crippen LogP contribution in [0.2, 0.25) is 0 Å². The maximum absolute atomic E-state index is 13.6. The molecule has 1 N–H and O–H groups in total. The third kappa shape index (κ3) is 2.98. The van der Waals surface area contributed by atoms with Crippen molar-refractivity contribution in [3.8, 4) is 22.6 Å². The van der Waals surface area contributed by atoms with E-state index in [1.54, 1.807) is 18.3 Å². The molecule has 0 bridgehead atoms. The number of aryl methyl sites for hydroxylation is 2. The number of aromatic nitrogens is 6. The highest BCUT2D eigenvalue weighted by molar-refractivity contribution is 5.67. The van der Waals surface area contributed by atoms with E-state index in [4.69, 9.17) is 0 Å². The van der Waals surface area contributed by atoms with E-state index in [1.807, 2.05) is 37.6 Å². The van der Waals surface area contributed by atoms with E-state index in [1.165, 1.54) is 5.56 Å². The molecule has 3 heterocycles. The second-order valence-corrected chi connectivity index (χ2v) is 7.25. The van der Waals surface area contributed by atoms with Gasteiger partial charge in [0.1, 0.15) is 17.2 Å². The number of nitrogens with zero attached hydrogens (tertiary/aromatic N) is 5. The molecule has 5 rings (SSSR count). The molecule has 3 aromatic heterocycles. The SMILES string of the molecule is Cc1[nH]nnc1-c1ccnc(-c2cn(C[C@H]3CCc4ccc(F)cc43)cn2)c1. The van der Waals surface area contributed by atoms with Gasteiger partial charge in [0, 0.05) is 30.4 Å². The zero-order chi connectivity index (χ0) is 19.1. The molecule has 4 aromatic rings. The highest BCUT2D eigenvalue weighted by Crippen LogP contribution is 2.35. The van der Waals surface area contributed by atoms with Gasteiger partial charge in [0.25, 0.3) is 0 Å². The zero-order valence-electron chi connectivity index (χ0n) is 15.4. The van der Waals surface area contributed by atoms with Crippen LogP contribution in [0, 0.1) is 12.7 Å². The molecule has 28 heavy (non-hydrogen) atoms. The minimum atomic E-state index is -0.166. The lowest BCUT2D eigenvalue weighted by Gasteiger charge is -2.12. The summed E-state index contributed by atoms with van der Waals surface area (Å²) in [6.07, 6.45) is 7.61. The van der Waals surface area contributed by atoms with E-state index < -0.39 is 0 Å².